The zero-order valence-electron chi connectivity index (χ0n) is 11.2. The van der Waals surface area contributed by atoms with Gasteiger partial charge in [0.25, 0.3) is 0 Å². The molecule has 1 aromatic rings. The summed E-state index contributed by atoms with van der Waals surface area (Å²) in [6, 6.07) is 8.90. The predicted molar refractivity (Wildman–Crippen MR) is 74.2 cm³/mol. The number of nitrogens with two attached hydrogens (primary N) is 1. The summed E-state index contributed by atoms with van der Waals surface area (Å²) in [5.74, 6) is 0.824. The molecule has 17 heavy (non-hydrogen) atoms. The molecule has 2 rings (SSSR count). The minimum Gasteiger partial charge on any atom is -0.330 e. The van der Waals surface area contributed by atoms with Crippen LogP contribution in [-0.4, -0.2) is 6.54 Å². The summed E-state index contributed by atoms with van der Waals surface area (Å²) in [5.41, 5.74) is 9.48. The lowest BCUT2D eigenvalue weighted by Crippen LogP contribution is -2.35. The second-order valence-corrected chi connectivity index (χ2v) is 5.53. The van der Waals surface area contributed by atoms with Crippen molar-refractivity contribution < 1.29 is 0 Å². The van der Waals surface area contributed by atoms with Crippen LogP contribution in [0, 0.1) is 5.92 Å². The van der Waals surface area contributed by atoms with Crippen molar-refractivity contribution in [3.05, 3.63) is 35.4 Å². The van der Waals surface area contributed by atoms with Crippen molar-refractivity contribution in [3.63, 3.8) is 0 Å². The molecule has 0 amide bonds. The topological polar surface area (TPSA) is 26.0 Å². The molecule has 0 spiro atoms. The molecular weight excluding hydrogens is 206 g/mol. The van der Waals surface area contributed by atoms with Gasteiger partial charge in [0.2, 0.25) is 0 Å². The van der Waals surface area contributed by atoms with Gasteiger partial charge in [0.15, 0.2) is 0 Å². The Balaban J connectivity index is 2.27. The van der Waals surface area contributed by atoms with Crippen LogP contribution in [0.2, 0.25) is 0 Å². The van der Waals surface area contributed by atoms with E-state index >= 15 is 0 Å². The molecule has 1 atom stereocenters. The molecule has 2 N–H and O–H groups in total. The van der Waals surface area contributed by atoms with Crippen LogP contribution in [0.3, 0.4) is 0 Å². The molecule has 1 aliphatic carbocycles. The van der Waals surface area contributed by atoms with Crippen LogP contribution in [0.25, 0.3) is 0 Å². The lowest BCUT2D eigenvalue weighted by molar-refractivity contribution is 0.305. The van der Waals surface area contributed by atoms with Gasteiger partial charge in [0, 0.05) is 12.0 Å². The molecule has 1 aromatic carbocycles. The lowest BCUT2D eigenvalue weighted by Gasteiger charge is -2.32. The van der Waals surface area contributed by atoms with Crippen LogP contribution in [-0.2, 0) is 11.8 Å². The molecule has 1 aliphatic rings. The Bertz CT molecular complexity index is 368. The number of hydrogen-bond acceptors (Lipinski definition) is 1. The zero-order chi connectivity index (χ0) is 12.3. The predicted octanol–water partition coefficient (Wildman–Crippen LogP) is 3.66. The molecule has 0 saturated carbocycles. The summed E-state index contributed by atoms with van der Waals surface area (Å²) < 4.78 is 0. The van der Waals surface area contributed by atoms with Gasteiger partial charge in [0.05, 0.1) is 0 Å². The van der Waals surface area contributed by atoms with Crippen molar-refractivity contribution in [1.29, 1.82) is 0 Å². The molecule has 0 heterocycles. The lowest BCUT2D eigenvalue weighted by atomic mass is 9.73. The first kappa shape index (κ1) is 12.6. The van der Waals surface area contributed by atoms with E-state index in [0.29, 0.717) is 0 Å². The molecule has 1 unspecified atom stereocenters. The third-order valence-corrected chi connectivity index (χ3v) is 4.69. The van der Waals surface area contributed by atoms with Gasteiger partial charge in [-0.2, -0.15) is 0 Å². The first-order valence-electron chi connectivity index (χ1n) is 7.04. The second kappa shape index (κ2) is 5.22. The Morgan fingerprint density at radius 3 is 2.59 bits per heavy atom. The molecule has 0 fully saturated rings. The van der Waals surface area contributed by atoms with Gasteiger partial charge in [-0.25, -0.2) is 0 Å². The third kappa shape index (κ3) is 2.26. The van der Waals surface area contributed by atoms with Crippen LogP contribution in [0.4, 0.5) is 0 Å². The van der Waals surface area contributed by atoms with Gasteiger partial charge in [-0.1, -0.05) is 51.0 Å². The van der Waals surface area contributed by atoms with E-state index in [4.69, 9.17) is 5.73 Å². The molecular formula is C16H25N. The van der Waals surface area contributed by atoms with Gasteiger partial charge in [-0.15, -0.1) is 0 Å². The van der Waals surface area contributed by atoms with Crippen molar-refractivity contribution in [3.8, 4) is 0 Å². The fourth-order valence-electron chi connectivity index (χ4n) is 3.40. The second-order valence-electron chi connectivity index (χ2n) is 5.53. The highest BCUT2D eigenvalue weighted by Gasteiger charge is 2.38. The van der Waals surface area contributed by atoms with E-state index in [0.717, 1.165) is 12.5 Å². The third-order valence-electron chi connectivity index (χ3n) is 4.69. The molecule has 1 nitrogen and oxygen atoms in total. The minimum absolute atomic E-state index is 0.271. The van der Waals surface area contributed by atoms with Gasteiger partial charge >= 0.3 is 0 Å². The number of hydrogen-bond donors (Lipinski definition) is 1. The molecule has 0 saturated heterocycles. The van der Waals surface area contributed by atoms with E-state index in [1.807, 2.05) is 0 Å². The van der Waals surface area contributed by atoms with Crippen LogP contribution in [0.15, 0.2) is 24.3 Å². The van der Waals surface area contributed by atoms with Gasteiger partial charge in [0.1, 0.15) is 0 Å². The molecule has 1 heteroatoms. The molecule has 0 aromatic heterocycles. The van der Waals surface area contributed by atoms with E-state index in [1.54, 1.807) is 0 Å². The Morgan fingerprint density at radius 2 is 1.94 bits per heavy atom. The van der Waals surface area contributed by atoms with Crippen molar-refractivity contribution >= 4 is 0 Å². The summed E-state index contributed by atoms with van der Waals surface area (Å²) in [7, 11) is 0. The monoisotopic (exact) mass is 231 g/mol. The molecule has 94 valence electrons. The van der Waals surface area contributed by atoms with Gasteiger partial charge < -0.3 is 5.73 Å². The van der Waals surface area contributed by atoms with E-state index in [2.05, 4.69) is 38.1 Å². The maximum Gasteiger partial charge on any atom is 0.00840 e. The highest BCUT2D eigenvalue weighted by Crippen LogP contribution is 2.43. The Hall–Kier alpha value is -0.820. The Kier molecular flexibility index (Phi) is 3.88. The fourth-order valence-corrected chi connectivity index (χ4v) is 3.40. The first-order valence-corrected chi connectivity index (χ1v) is 7.04. The van der Waals surface area contributed by atoms with Crippen LogP contribution in [0.1, 0.15) is 50.7 Å². The maximum absolute atomic E-state index is 6.14. The molecule has 0 bridgehead atoms. The smallest absolute Gasteiger partial charge is 0.00840 e. The summed E-state index contributed by atoms with van der Waals surface area (Å²) in [6.45, 7) is 5.42. The molecule has 0 aliphatic heterocycles. The quantitative estimate of drug-likeness (QED) is 0.822. The van der Waals surface area contributed by atoms with E-state index in [9.17, 15) is 0 Å². The zero-order valence-corrected chi connectivity index (χ0v) is 11.2. The number of fused-ring (bicyclic) bond motifs is 1. The normalized spacial score (nSPS) is 23.1. The largest absolute Gasteiger partial charge is 0.330 e. The minimum atomic E-state index is 0.271. The van der Waals surface area contributed by atoms with Crippen LogP contribution >= 0.6 is 0 Å². The first-order chi connectivity index (χ1) is 8.25. The van der Waals surface area contributed by atoms with Crippen molar-refractivity contribution in [1.82, 2.24) is 0 Å². The van der Waals surface area contributed by atoms with E-state index < -0.39 is 0 Å². The fraction of sp³-hybridized carbons (Fsp3) is 0.625. The summed E-state index contributed by atoms with van der Waals surface area (Å²) in [6.07, 6.45) is 6.29. The number of benzene rings is 1. The van der Waals surface area contributed by atoms with Gasteiger partial charge in [-0.3, -0.25) is 0 Å². The average molecular weight is 231 g/mol. The highest BCUT2D eigenvalue weighted by molar-refractivity contribution is 5.39. The van der Waals surface area contributed by atoms with Gasteiger partial charge in [-0.05, 0) is 36.3 Å². The van der Waals surface area contributed by atoms with Crippen LogP contribution < -0.4 is 5.73 Å². The Labute approximate surface area is 105 Å². The van der Waals surface area contributed by atoms with E-state index in [-0.39, 0.29) is 5.41 Å². The maximum atomic E-state index is 6.14. The average Bonchev–Trinajstić information content (AvgIpc) is 2.76. The van der Waals surface area contributed by atoms with Crippen molar-refractivity contribution in [2.75, 3.05) is 6.54 Å². The molecule has 0 radical (unpaired) electrons. The number of aryl methyl sites for hydroxylation is 1. The Morgan fingerprint density at radius 1 is 1.24 bits per heavy atom. The SMILES string of the molecule is CCC(CC)CC1(CN)CCc2ccccc21. The van der Waals surface area contributed by atoms with Crippen molar-refractivity contribution in [2.24, 2.45) is 11.7 Å². The summed E-state index contributed by atoms with van der Waals surface area (Å²) >= 11 is 0. The number of rotatable bonds is 5. The van der Waals surface area contributed by atoms with Crippen LogP contribution in [0.5, 0.6) is 0 Å². The van der Waals surface area contributed by atoms with E-state index in [1.165, 1.54) is 43.2 Å². The summed E-state index contributed by atoms with van der Waals surface area (Å²) in [4.78, 5) is 0. The highest BCUT2D eigenvalue weighted by atomic mass is 14.6. The summed E-state index contributed by atoms with van der Waals surface area (Å²) in [5, 5.41) is 0. The standard InChI is InChI=1S/C16H25N/c1-3-13(4-2)11-16(12-17)10-9-14-7-5-6-8-15(14)16/h5-8,13H,3-4,9-12,17H2,1-2H3. The van der Waals surface area contributed by atoms with Crippen molar-refractivity contribution in [2.45, 2.75) is 51.4 Å².